The topological polar surface area (TPSA) is 72.2 Å². The largest absolute Gasteiger partial charge is 0.478 e. The quantitative estimate of drug-likeness (QED) is 0.927. The van der Waals surface area contributed by atoms with Crippen molar-refractivity contribution in [2.45, 2.75) is 20.4 Å². The van der Waals surface area contributed by atoms with Gasteiger partial charge in [0.15, 0.2) is 0 Å². The van der Waals surface area contributed by atoms with Gasteiger partial charge in [-0.3, -0.25) is 4.57 Å². The fourth-order valence-electron chi connectivity index (χ4n) is 2.01. The van der Waals surface area contributed by atoms with Crippen LogP contribution in [0.2, 0.25) is 0 Å². The molecule has 5 nitrogen and oxygen atoms in total. The minimum atomic E-state index is -1.21. The Morgan fingerprint density at radius 1 is 1.30 bits per heavy atom. The van der Waals surface area contributed by atoms with Gasteiger partial charge in [0.1, 0.15) is 5.82 Å². The molecular weight excluding hydrogens is 263 g/mol. The zero-order valence-electron chi connectivity index (χ0n) is 11.1. The highest BCUT2D eigenvalue weighted by Crippen LogP contribution is 2.11. The number of carbonyl (C=O) groups is 1. The molecule has 1 heterocycles. The number of carboxylic acid groups (broad SMARTS) is 1. The van der Waals surface area contributed by atoms with Crippen LogP contribution in [0.3, 0.4) is 0 Å². The Labute approximate surface area is 114 Å². The van der Waals surface area contributed by atoms with Crippen LogP contribution in [0.25, 0.3) is 0 Å². The van der Waals surface area contributed by atoms with Crippen molar-refractivity contribution in [3.8, 4) is 0 Å². The molecule has 0 unspecified atom stereocenters. The molecule has 0 aliphatic rings. The molecule has 104 valence electrons. The maximum atomic E-state index is 13.4. The molecule has 0 radical (unpaired) electrons. The summed E-state index contributed by atoms with van der Waals surface area (Å²) in [5.41, 5.74) is 1.10. The predicted octanol–water partition coefficient (Wildman–Crippen LogP) is 1.75. The molecule has 0 aliphatic heterocycles. The van der Waals surface area contributed by atoms with Crippen LogP contribution < -0.4 is 5.69 Å². The third-order valence-corrected chi connectivity index (χ3v) is 2.89. The van der Waals surface area contributed by atoms with E-state index in [1.54, 1.807) is 19.9 Å². The second-order valence-corrected chi connectivity index (χ2v) is 4.56. The maximum absolute atomic E-state index is 13.4. The summed E-state index contributed by atoms with van der Waals surface area (Å²) >= 11 is 0. The van der Waals surface area contributed by atoms with Crippen molar-refractivity contribution in [1.29, 1.82) is 0 Å². The van der Waals surface area contributed by atoms with Crippen LogP contribution in [0.15, 0.2) is 29.1 Å². The fraction of sp³-hybridized carbons (Fsp3) is 0.214. The number of aromatic nitrogens is 2. The third-order valence-electron chi connectivity index (χ3n) is 2.89. The fourth-order valence-corrected chi connectivity index (χ4v) is 2.01. The average molecular weight is 276 g/mol. The Kier molecular flexibility index (Phi) is 3.65. The van der Waals surface area contributed by atoms with Gasteiger partial charge in [0.2, 0.25) is 0 Å². The zero-order chi connectivity index (χ0) is 14.9. The lowest BCUT2D eigenvalue weighted by Gasteiger charge is -2.10. The first-order chi connectivity index (χ1) is 9.36. The van der Waals surface area contributed by atoms with Gasteiger partial charge in [-0.1, -0.05) is 0 Å². The normalized spacial score (nSPS) is 10.6. The van der Waals surface area contributed by atoms with E-state index in [4.69, 9.17) is 5.11 Å². The minimum absolute atomic E-state index is 0.0794. The summed E-state index contributed by atoms with van der Waals surface area (Å²) in [4.78, 5) is 26.5. The summed E-state index contributed by atoms with van der Waals surface area (Å²) in [6, 6.07) is 5.23. The van der Waals surface area contributed by atoms with Crippen molar-refractivity contribution in [2.75, 3.05) is 0 Å². The molecule has 1 N–H and O–H groups in total. The number of hydrogen-bond acceptors (Lipinski definition) is 3. The van der Waals surface area contributed by atoms with Crippen molar-refractivity contribution >= 4 is 5.97 Å². The molecule has 0 saturated carbocycles. The van der Waals surface area contributed by atoms with Crippen molar-refractivity contribution in [1.82, 2.24) is 9.55 Å². The van der Waals surface area contributed by atoms with Gasteiger partial charge < -0.3 is 5.11 Å². The summed E-state index contributed by atoms with van der Waals surface area (Å²) in [6.07, 6.45) is 0. The Bertz CT molecular complexity index is 738. The van der Waals surface area contributed by atoms with E-state index in [0.717, 1.165) is 6.07 Å². The molecule has 0 spiro atoms. The lowest BCUT2D eigenvalue weighted by atomic mass is 10.1. The van der Waals surface area contributed by atoms with E-state index in [2.05, 4.69) is 4.98 Å². The Hall–Kier alpha value is -2.50. The van der Waals surface area contributed by atoms with Gasteiger partial charge in [-0.2, -0.15) is 4.98 Å². The predicted molar refractivity (Wildman–Crippen MR) is 70.4 cm³/mol. The summed E-state index contributed by atoms with van der Waals surface area (Å²) < 4.78 is 14.8. The van der Waals surface area contributed by atoms with Crippen LogP contribution in [0.5, 0.6) is 0 Å². The van der Waals surface area contributed by atoms with Crippen molar-refractivity contribution < 1.29 is 14.3 Å². The summed E-state index contributed by atoms with van der Waals surface area (Å²) in [5.74, 6) is -1.86. The number of aryl methyl sites for hydroxylation is 2. The molecular formula is C14H13FN2O3. The van der Waals surface area contributed by atoms with Crippen LogP contribution in [0.4, 0.5) is 4.39 Å². The van der Waals surface area contributed by atoms with Gasteiger partial charge in [-0.05, 0) is 43.7 Å². The molecule has 1 aromatic heterocycles. The van der Waals surface area contributed by atoms with E-state index in [-0.39, 0.29) is 12.1 Å². The molecule has 0 amide bonds. The molecule has 0 aliphatic carbocycles. The second-order valence-electron chi connectivity index (χ2n) is 4.56. The first-order valence-corrected chi connectivity index (χ1v) is 5.94. The van der Waals surface area contributed by atoms with E-state index in [1.165, 1.54) is 16.7 Å². The average Bonchev–Trinajstić information content (AvgIpc) is 2.33. The van der Waals surface area contributed by atoms with E-state index in [0.29, 0.717) is 17.0 Å². The van der Waals surface area contributed by atoms with E-state index in [1.807, 2.05) is 0 Å². The molecule has 1 aromatic carbocycles. The second kappa shape index (κ2) is 5.24. The van der Waals surface area contributed by atoms with Crippen LogP contribution in [-0.4, -0.2) is 20.6 Å². The highest BCUT2D eigenvalue weighted by atomic mass is 19.1. The van der Waals surface area contributed by atoms with Gasteiger partial charge in [-0.25, -0.2) is 14.0 Å². The van der Waals surface area contributed by atoms with Gasteiger partial charge >= 0.3 is 11.7 Å². The first-order valence-electron chi connectivity index (χ1n) is 5.94. The van der Waals surface area contributed by atoms with Crippen LogP contribution in [0, 0.1) is 19.7 Å². The van der Waals surface area contributed by atoms with Crippen LogP contribution >= 0.6 is 0 Å². The summed E-state index contributed by atoms with van der Waals surface area (Å²) in [7, 11) is 0. The molecule has 0 fully saturated rings. The number of benzene rings is 1. The number of hydrogen-bond donors (Lipinski definition) is 1. The van der Waals surface area contributed by atoms with Crippen LogP contribution in [0.1, 0.15) is 27.3 Å². The number of carboxylic acids is 1. The molecule has 0 atom stereocenters. The van der Waals surface area contributed by atoms with E-state index >= 15 is 0 Å². The van der Waals surface area contributed by atoms with Gasteiger partial charge in [0, 0.05) is 11.4 Å². The number of halogens is 1. The molecule has 0 bridgehead atoms. The lowest BCUT2D eigenvalue weighted by Crippen LogP contribution is -2.26. The molecule has 20 heavy (non-hydrogen) atoms. The highest BCUT2D eigenvalue weighted by Gasteiger charge is 2.09. The monoisotopic (exact) mass is 276 g/mol. The number of aromatic carboxylic acids is 1. The van der Waals surface area contributed by atoms with Gasteiger partial charge in [0.05, 0.1) is 12.1 Å². The molecule has 2 rings (SSSR count). The van der Waals surface area contributed by atoms with Crippen LogP contribution in [-0.2, 0) is 6.54 Å². The minimum Gasteiger partial charge on any atom is -0.478 e. The maximum Gasteiger partial charge on any atom is 0.348 e. The van der Waals surface area contributed by atoms with Crippen molar-refractivity contribution in [3.63, 3.8) is 0 Å². The van der Waals surface area contributed by atoms with E-state index in [9.17, 15) is 14.0 Å². The molecule has 0 saturated heterocycles. The smallest absolute Gasteiger partial charge is 0.348 e. The van der Waals surface area contributed by atoms with Crippen molar-refractivity contribution in [2.24, 2.45) is 0 Å². The SMILES string of the molecule is Cc1cc(C)n(Cc2cc(F)cc(C(=O)O)c2)c(=O)n1. The van der Waals surface area contributed by atoms with Gasteiger partial charge in [0.25, 0.3) is 0 Å². The zero-order valence-corrected chi connectivity index (χ0v) is 11.1. The number of rotatable bonds is 3. The molecule has 6 heteroatoms. The Morgan fingerprint density at radius 3 is 2.60 bits per heavy atom. The standard InChI is InChI=1S/C14H13FN2O3/c1-8-3-9(2)17(14(20)16-8)7-10-4-11(13(18)19)6-12(15)5-10/h3-6H,7H2,1-2H3,(H,18,19). The van der Waals surface area contributed by atoms with Crippen molar-refractivity contribution in [3.05, 3.63) is 63.1 Å². The van der Waals surface area contributed by atoms with E-state index < -0.39 is 17.5 Å². The third kappa shape index (κ3) is 2.90. The summed E-state index contributed by atoms with van der Waals surface area (Å²) in [5, 5.41) is 8.90. The lowest BCUT2D eigenvalue weighted by molar-refractivity contribution is 0.0696. The Morgan fingerprint density at radius 2 is 2.00 bits per heavy atom. The van der Waals surface area contributed by atoms with Gasteiger partial charge in [-0.15, -0.1) is 0 Å². The summed E-state index contributed by atoms with van der Waals surface area (Å²) in [6.45, 7) is 3.53. The number of nitrogens with zero attached hydrogens (tertiary/aromatic N) is 2. The Balaban J connectivity index is 2.45. The molecule has 2 aromatic rings. The highest BCUT2D eigenvalue weighted by molar-refractivity contribution is 5.87. The first kappa shape index (κ1) is 13.9.